The summed E-state index contributed by atoms with van der Waals surface area (Å²) in [6.45, 7) is 12.4. The van der Waals surface area contributed by atoms with E-state index in [1.165, 1.54) is 70.5 Å². The van der Waals surface area contributed by atoms with Gasteiger partial charge in [-0.1, -0.05) is 45.9 Å². The van der Waals surface area contributed by atoms with Crippen LogP contribution in [0.1, 0.15) is 70.0 Å². The first-order chi connectivity index (χ1) is 26.8. The van der Waals surface area contributed by atoms with Crippen LogP contribution in [0.3, 0.4) is 0 Å². The van der Waals surface area contributed by atoms with E-state index in [0.29, 0.717) is 0 Å². The van der Waals surface area contributed by atoms with E-state index in [-0.39, 0.29) is 44.5 Å². The number of methoxy groups -OCH3 is 1. The van der Waals surface area contributed by atoms with E-state index in [9.17, 15) is 39.9 Å². The van der Waals surface area contributed by atoms with Crippen LogP contribution in [0.2, 0.25) is 0 Å². The summed E-state index contributed by atoms with van der Waals surface area (Å²) in [5, 5.41) is 71.5. The number of Topliss-reactive ketones (excluding diaryl/α,β-unsaturated/α-hetero) is 1. The van der Waals surface area contributed by atoms with Gasteiger partial charge in [0.2, 0.25) is 0 Å². The zero-order valence-corrected chi connectivity index (χ0v) is 33.1. The van der Waals surface area contributed by atoms with E-state index in [1.54, 1.807) is 39.8 Å². The second-order valence-electron chi connectivity index (χ2n) is 14.7. The molecule has 1 aromatic heterocycles. The Kier molecular flexibility index (Phi) is 12.5. The summed E-state index contributed by atoms with van der Waals surface area (Å²) in [6, 6.07) is 0. The number of aromatic nitrogens is 3. The van der Waals surface area contributed by atoms with Crippen molar-refractivity contribution in [3.63, 3.8) is 0 Å². The van der Waals surface area contributed by atoms with Gasteiger partial charge in [-0.05, 0) is 19.9 Å². The lowest BCUT2D eigenvalue weighted by molar-refractivity contribution is -0.160. The molecule has 3 aliphatic rings. The summed E-state index contributed by atoms with van der Waals surface area (Å²) in [4.78, 5) is 40.2. The molecule has 0 aliphatic carbocycles. The Morgan fingerprint density at radius 1 is 0.965 bits per heavy atom. The number of nitrogens with zero attached hydrogens (tertiary/aromatic N) is 4. The maximum Gasteiger partial charge on any atom is 0.312 e. The minimum Gasteiger partial charge on any atom is -0.507 e. The molecule has 17 nitrogen and oxygen atoms in total. The highest BCUT2D eigenvalue weighted by atomic mass is 16.7. The highest BCUT2D eigenvalue weighted by molar-refractivity contribution is 6.23. The van der Waals surface area contributed by atoms with Crippen molar-refractivity contribution in [3.8, 4) is 23.0 Å². The van der Waals surface area contributed by atoms with Crippen LogP contribution in [0.5, 0.6) is 23.0 Å². The number of anilines is 1. The van der Waals surface area contributed by atoms with Gasteiger partial charge in [-0.25, -0.2) is 4.68 Å². The number of esters is 1. The monoisotopic (exact) mass is 791 g/mol. The summed E-state index contributed by atoms with van der Waals surface area (Å²) in [5.74, 6) is -8.72. The molecule has 6 N–H and O–H groups in total. The average Bonchev–Trinajstić information content (AvgIpc) is 3.79. The van der Waals surface area contributed by atoms with Crippen molar-refractivity contribution in [1.82, 2.24) is 14.9 Å². The number of carbonyl (C=O) groups excluding carboxylic acids is 3. The molecule has 17 heteroatoms. The van der Waals surface area contributed by atoms with Crippen LogP contribution in [-0.2, 0) is 23.8 Å². The van der Waals surface area contributed by atoms with E-state index in [0.717, 1.165) is 6.21 Å². The van der Waals surface area contributed by atoms with E-state index in [4.69, 9.17) is 18.9 Å². The number of hydrogen-bond donors (Lipinski definition) is 6. The number of ether oxygens (including phenoxy) is 4. The first-order valence-electron chi connectivity index (χ1n) is 18.3. The van der Waals surface area contributed by atoms with Gasteiger partial charge in [0.1, 0.15) is 36.0 Å². The molecule has 9 unspecified atom stereocenters. The predicted octanol–water partition coefficient (Wildman–Crippen LogP) is 4.23. The number of fused-ring (bicyclic) bond motifs is 14. The third-order valence-electron chi connectivity index (χ3n) is 10.8. The van der Waals surface area contributed by atoms with E-state index < -0.39 is 88.8 Å². The van der Waals surface area contributed by atoms with Crippen molar-refractivity contribution in [2.24, 2.45) is 28.8 Å². The van der Waals surface area contributed by atoms with Crippen LogP contribution in [0.4, 0.5) is 5.69 Å². The van der Waals surface area contributed by atoms with Crippen LogP contribution in [-0.4, -0.2) is 102 Å². The van der Waals surface area contributed by atoms with E-state index in [1.807, 2.05) is 0 Å². The van der Waals surface area contributed by atoms with Crippen LogP contribution in [0.15, 0.2) is 53.9 Å². The maximum absolute atomic E-state index is 14.3. The molecule has 9 atom stereocenters. The molecule has 57 heavy (non-hydrogen) atoms. The highest BCUT2D eigenvalue weighted by Crippen LogP contribution is 2.55. The Labute approximate surface area is 328 Å². The summed E-state index contributed by atoms with van der Waals surface area (Å²) in [5.41, 5.74) is -0.655. The minimum atomic E-state index is -2.07. The Morgan fingerprint density at radius 2 is 1.63 bits per heavy atom. The molecule has 0 spiro atoms. The number of aliphatic hydroxyl groups is 2. The number of carbonyl (C=O) groups is 3. The lowest BCUT2D eigenvalue weighted by Crippen LogP contribution is -2.46. The van der Waals surface area contributed by atoms with Crippen LogP contribution < -0.4 is 10.1 Å². The van der Waals surface area contributed by atoms with Crippen molar-refractivity contribution >= 4 is 40.3 Å². The topological polar surface area (TPSA) is 244 Å². The number of phenols is 3. The van der Waals surface area contributed by atoms with Gasteiger partial charge in [-0.2, -0.15) is 5.10 Å². The number of rotatable bonds is 4. The standard InChI is InChI=1S/C40H49N5O12/c1-18-11-10-12-19(2)39(53)44-30-25(15-43-45-16-41-42-17-45)34(50)27-28(35(30)51)33(49)23(6)37-29(27)38(52)40(8,57-37)55-14-13-26(54-9)20(3)36(56-24(7)46)22(5)32(48)21(4)31(18)47/h10-18,20-22,26,31-32,36,47-51H,1-9H3,(H,44,53)/b11-10-,14-13-,19-12-,43-15+. The number of phenolic OH excluding ortho intramolecular Hbond substituents is 3. The fourth-order valence-electron chi connectivity index (χ4n) is 7.25. The van der Waals surface area contributed by atoms with Gasteiger partial charge in [0.25, 0.3) is 11.7 Å². The third-order valence-corrected chi connectivity index (χ3v) is 10.8. The van der Waals surface area contributed by atoms with Gasteiger partial charge in [0.15, 0.2) is 5.75 Å². The second kappa shape index (κ2) is 16.8. The molecule has 0 saturated heterocycles. The largest absolute Gasteiger partial charge is 0.507 e. The summed E-state index contributed by atoms with van der Waals surface area (Å²) in [6.07, 6.45) is 7.00. The third kappa shape index (κ3) is 8.08. The Hall–Kier alpha value is -5.78. The fourth-order valence-corrected chi connectivity index (χ4v) is 7.25. The number of hydrogen-bond acceptors (Lipinski definition) is 15. The lowest BCUT2D eigenvalue weighted by atomic mass is 9.78. The molecule has 5 bridgehead atoms. The molecule has 306 valence electrons. The summed E-state index contributed by atoms with van der Waals surface area (Å²) < 4.78 is 24.6. The predicted molar refractivity (Wildman–Crippen MR) is 207 cm³/mol. The van der Waals surface area contributed by atoms with Gasteiger partial charge in [0, 0.05) is 61.2 Å². The number of allylic oxidation sites excluding steroid dienone is 2. The first-order valence-corrected chi connectivity index (χ1v) is 18.3. The molecular weight excluding hydrogens is 742 g/mol. The zero-order valence-electron chi connectivity index (χ0n) is 33.1. The van der Waals surface area contributed by atoms with Crippen LogP contribution >= 0.6 is 0 Å². The van der Waals surface area contributed by atoms with Gasteiger partial charge < -0.3 is 49.8 Å². The fraction of sp³-hybridized carbons (Fsp3) is 0.450. The molecule has 3 aliphatic heterocycles. The highest BCUT2D eigenvalue weighted by Gasteiger charge is 2.50. The number of aliphatic hydroxyl groups excluding tert-OH is 2. The summed E-state index contributed by atoms with van der Waals surface area (Å²) >= 11 is 0. The van der Waals surface area contributed by atoms with Gasteiger partial charge >= 0.3 is 11.8 Å². The molecule has 4 heterocycles. The second-order valence-corrected chi connectivity index (χ2v) is 14.7. The minimum absolute atomic E-state index is 0.0254. The van der Waals surface area contributed by atoms with Crippen molar-refractivity contribution < 1.29 is 58.9 Å². The SMILES string of the molecule is COC1/C=C\OC2(C)Oc3c(C)c(O)c4c(O)c(c(/C=N/n5cnnc5)c(O)c4c3C2=O)NC(=O)/C(C)=C\C=C/C(C)C(O)C(C)C(O)C(C)C(OC(C)=O)C1C. The van der Waals surface area contributed by atoms with Gasteiger partial charge in [-0.3, -0.25) is 14.4 Å². The molecule has 1 amide bonds. The molecule has 0 radical (unpaired) electrons. The molecular formula is C40H49N5O12. The maximum atomic E-state index is 14.3. The van der Waals surface area contributed by atoms with E-state index in [2.05, 4.69) is 20.6 Å². The molecule has 2 aromatic carbocycles. The number of nitrogens with one attached hydrogen (secondary N) is 1. The number of amides is 1. The smallest absolute Gasteiger partial charge is 0.312 e. The normalized spacial score (nSPS) is 30.8. The molecule has 6 rings (SSSR count). The quantitative estimate of drug-likeness (QED) is 0.0938. The Bertz CT molecular complexity index is 2160. The zero-order chi connectivity index (χ0) is 42.1. The Balaban J connectivity index is 1.72. The molecule has 0 fully saturated rings. The average molecular weight is 792 g/mol. The van der Waals surface area contributed by atoms with Crippen molar-refractivity contribution in [1.29, 1.82) is 0 Å². The van der Waals surface area contributed by atoms with Gasteiger partial charge in [-0.15, -0.1) is 10.2 Å². The number of benzene rings is 2. The van der Waals surface area contributed by atoms with Crippen LogP contribution in [0.25, 0.3) is 10.8 Å². The van der Waals surface area contributed by atoms with Crippen molar-refractivity contribution in [2.75, 3.05) is 12.4 Å². The molecule has 3 aromatic rings. The number of ketones is 1. The van der Waals surface area contributed by atoms with E-state index >= 15 is 0 Å². The van der Waals surface area contributed by atoms with Crippen molar-refractivity contribution in [3.05, 3.63) is 65.5 Å². The summed E-state index contributed by atoms with van der Waals surface area (Å²) in [7, 11) is 1.42. The van der Waals surface area contributed by atoms with Crippen LogP contribution in [0, 0.1) is 30.6 Å². The van der Waals surface area contributed by atoms with Gasteiger partial charge in [0.05, 0.1) is 53.0 Å². The first kappa shape index (κ1) is 42.4. The number of aromatic hydroxyl groups is 3. The molecule has 0 saturated carbocycles. The Morgan fingerprint density at radius 3 is 2.26 bits per heavy atom. The van der Waals surface area contributed by atoms with Crippen molar-refractivity contribution in [2.45, 2.75) is 85.6 Å². The lowest BCUT2D eigenvalue weighted by Gasteiger charge is -2.38.